The van der Waals surface area contributed by atoms with E-state index in [1.165, 1.54) is 16.5 Å². The first-order chi connectivity index (χ1) is 9.47. The molecule has 0 fully saturated rings. The molecule has 0 saturated carbocycles. The van der Waals surface area contributed by atoms with Gasteiger partial charge < -0.3 is 4.98 Å². The molecule has 0 amide bonds. The molecule has 3 rings (SSSR count). The normalized spacial score (nSPS) is 11.9. The number of hydrogen-bond donors (Lipinski definition) is 1. The van der Waals surface area contributed by atoms with Crippen molar-refractivity contribution in [2.24, 2.45) is 0 Å². The highest BCUT2D eigenvalue weighted by atomic mass is 32.1. The molecule has 1 aromatic heterocycles. The van der Waals surface area contributed by atoms with Gasteiger partial charge in [-0.15, -0.1) is 0 Å². The molecule has 2 nitrogen and oxygen atoms in total. The molecule has 1 N–H and O–H groups in total. The fourth-order valence-electron chi connectivity index (χ4n) is 2.49. The lowest BCUT2D eigenvalue weighted by Gasteiger charge is -2.21. The molecule has 0 saturated heterocycles. The number of aromatic nitrogens is 2. The lowest BCUT2D eigenvalue weighted by atomic mass is 9.92. The number of benzene rings is 2. The van der Waals surface area contributed by atoms with Crippen LogP contribution in [0.15, 0.2) is 48.7 Å². The third-order valence-electron chi connectivity index (χ3n) is 3.54. The van der Waals surface area contributed by atoms with Gasteiger partial charge in [-0.25, -0.2) is 0 Å². The minimum Gasteiger partial charge on any atom is -0.337 e. The van der Waals surface area contributed by atoms with Crippen LogP contribution in [0.4, 0.5) is 0 Å². The van der Waals surface area contributed by atoms with E-state index in [4.69, 9.17) is 12.2 Å². The van der Waals surface area contributed by atoms with Crippen LogP contribution in [0.25, 0.3) is 16.5 Å². The molecule has 3 aromatic rings. The van der Waals surface area contributed by atoms with Gasteiger partial charge in [0.1, 0.15) is 0 Å². The first-order valence-electron chi connectivity index (χ1n) is 6.77. The smallest absolute Gasteiger partial charge is 0.182 e. The van der Waals surface area contributed by atoms with Gasteiger partial charge in [-0.2, -0.15) is 0 Å². The second-order valence-corrected chi connectivity index (χ2v) is 6.48. The summed E-state index contributed by atoms with van der Waals surface area (Å²) >= 11 is 5.45. The third-order valence-corrected chi connectivity index (χ3v) is 3.84. The van der Waals surface area contributed by atoms with Crippen LogP contribution >= 0.6 is 12.2 Å². The van der Waals surface area contributed by atoms with E-state index < -0.39 is 0 Å². The fourth-order valence-corrected chi connectivity index (χ4v) is 2.76. The molecule has 0 atom stereocenters. The van der Waals surface area contributed by atoms with Gasteiger partial charge in [0.15, 0.2) is 4.77 Å². The van der Waals surface area contributed by atoms with Gasteiger partial charge in [0.25, 0.3) is 0 Å². The molecule has 0 aliphatic rings. The maximum absolute atomic E-state index is 5.45. The van der Waals surface area contributed by atoms with Gasteiger partial charge in [-0.1, -0.05) is 51.1 Å². The Morgan fingerprint density at radius 2 is 1.70 bits per heavy atom. The Morgan fingerprint density at radius 3 is 2.40 bits per heavy atom. The lowest BCUT2D eigenvalue weighted by Crippen LogP contribution is -2.16. The van der Waals surface area contributed by atoms with Crippen LogP contribution in [0.1, 0.15) is 26.5 Å². The van der Waals surface area contributed by atoms with E-state index >= 15 is 0 Å². The molecule has 0 bridgehead atoms. The number of hydrogen-bond acceptors (Lipinski definition) is 1. The average Bonchev–Trinajstić information content (AvgIpc) is 2.80. The summed E-state index contributed by atoms with van der Waals surface area (Å²) in [5.41, 5.74) is 2.34. The molecule has 3 heteroatoms. The zero-order chi connectivity index (χ0) is 14.3. The summed E-state index contributed by atoms with van der Waals surface area (Å²) in [7, 11) is 0. The topological polar surface area (TPSA) is 20.7 Å². The summed E-state index contributed by atoms with van der Waals surface area (Å²) in [5, 5.41) is 2.48. The largest absolute Gasteiger partial charge is 0.337 e. The molecule has 0 aliphatic heterocycles. The van der Waals surface area contributed by atoms with Crippen LogP contribution in [-0.4, -0.2) is 9.55 Å². The predicted octanol–water partition coefficient (Wildman–Crippen LogP) is 4.99. The Balaban J connectivity index is 2.26. The summed E-state index contributed by atoms with van der Waals surface area (Å²) in [5.74, 6) is 0. The average molecular weight is 282 g/mol. The summed E-state index contributed by atoms with van der Waals surface area (Å²) < 4.78 is 2.87. The minimum absolute atomic E-state index is 0.0409. The summed E-state index contributed by atoms with van der Waals surface area (Å²) in [6.45, 7) is 6.59. The number of H-pyrrole nitrogens is 1. The molecular formula is C17H18N2S. The number of fused-ring (bicyclic) bond motifs is 1. The van der Waals surface area contributed by atoms with Gasteiger partial charge >= 0.3 is 0 Å². The summed E-state index contributed by atoms with van der Waals surface area (Å²) in [6.07, 6.45) is 2.01. The highest BCUT2D eigenvalue weighted by molar-refractivity contribution is 7.71. The number of nitrogens with zero attached hydrogens (tertiary/aromatic N) is 1. The monoisotopic (exact) mass is 282 g/mol. The maximum atomic E-state index is 5.45. The molecule has 0 aliphatic carbocycles. The Morgan fingerprint density at radius 1 is 1.00 bits per heavy atom. The third kappa shape index (κ3) is 2.18. The quantitative estimate of drug-likeness (QED) is 0.624. The van der Waals surface area contributed by atoms with Crippen LogP contribution in [0.5, 0.6) is 0 Å². The standard InChI is InChI=1S/C17H18N2S/c1-17(2,3)15-11-18-16(20)19(15)14-9-8-12-6-4-5-7-13(12)10-14/h4-11H,1-3H3,(H,18,20). The number of imidazole rings is 1. The van der Waals surface area contributed by atoms with Crippen LogP contribution in [0, 0.1) is 4.77 Å². The molecule has 20 heavy (non-hydrogen) atoms. The van der Waals surface area contributed by atoms with Gasteiger partial charge in [0.05, 0.1) is 0 Å². The van der Waals surface area contributed by atoms with E-state index in [1.807, 2.05) is 6.20 Å². The first kappa shape index (κ1) is 13.1. The molecule has 0 unspecified atom stereocenters. The van der Waals surface area contributed by atoms with E-state index in [2.05, 4.69) is 72.8 Å². The van der Waals surface area contributed by atoms with Crippen molar-refractivity contribution in [1.29, 1.82) is 0 Å². The Bertz CT molecular complexity index is 819. The van der Waals surface area contributed by atoms with Crippen molar-refractivity contribution in [1.82, 2.24) is 9.55 Å². The Kier molecular flexibility index (Phi) is 3.02. The van der Waals surface area contributed by atoms with Gasteiger partial charge in [0.2, 0.25) is 0 Å². The van der Waals surface area contributed by atoms with Crippen molar-refractivity contribution in [2.45, 2.75) is 26.2 Å². The van der Waals surface area contributed by atoms with E-state index in [1.54, 1.807) is 0 Å². The maximum Gasteiger partial charge on any atom is 0.182 e. The van der Waals surface area contributed by atoms with E-state index in [0.29, 0.717) is 0 Å². The second kappa shape index (κ2) is 4.60. The van der Waals surface area contributed by atoms with Crippen molar-refractivity contribution < 1.29 is 0 Å². The second-order valence-electron chi connectivity index (χ2n) is 6.10. The van der Waals surface area contributed by atoms with Gasteiger partial charge in [-0.05, 0) is 35.1 Å². The van der Waals surface area contributed by atoms with Crippen molar-refractivity contribution in [2.75, 3.05) is 0 Å². The molecule has 0 spiro atoms. The van der Waals surface area contributed by atoms with Crippen molar-refractivity contribution in [3.05, 3.63) is 59.1 Å². The molecule has 102 valence electrons. The van der Waals surface area contributed by atoms with Gasteiger partial charge in [0, 0.05) is 23.0 Å². The first-order valence-corrected chi connectivity index (χ1v) is 7.18. The van der Waals surface area contributed by atoms with E-state index in [9.17, 15) is 0 Å². The van der Waals surface area contributed by atoms with Crippen molar-refractivity contribution in [3.63, 3.8) is 0 Å². The van der Waals surface area contributed by atoms with Crippen LogP contribution in [-0.2, 0) is 5.41 Å². The zero-order valence-electron chi connectivity index (χ0n) is 12.0. The Labute approximate surface area is 124 Å². The van der Waals surface area contributed by atoms with Crippen LogP contribution in [0.2, 0.25) is 0 Å². The molecule has 2 aromatic carbocycles. The van der Waals surface area contributed by atoms with Crippen molar-refractivity contribution in [3.8, 4) is 5.69 Å². The lowest BCUT2D eigenvalue weighted by molar-refractivity contribution is 0.556. The fraction of sp³-hybridized carbons (Fsp3) is 0.235. The SMILES string of the molecule is CC(C)(C)c1c[nH]c(=S)n1-c1ccc2ccccc2c1. The number of nitrogens with one attached hydrogen (secondary N) is 1. The Hall–Kier alpha value is -1.87. The molecule has 0 radical (unpaired) electrons. The van der Waals surface area contributed by atoms with Crippen molar-refractivity contribution >= 4 is 23.0 Å². The van der Waals surface area contributed by atoms with Crippen LogP contribution in [0.3, 0.4) is 0 Å². The zero-order valence-corrected chi connectivity index (χ0v) is 12.8. The molecular weight excluding hydrogens is 264 g/mol. The molecule has 1 heterocycles. The summed E-state index contributed by atoms with van der Waals surface area (Å²) in [6, 6.07) is 14.8. The van der Waals surface area contributed by atoms with Crippen LogP contribution < -0.4 is 0 Å². The van der Waals surface area contributed by atoms with E-state index in [0.717, 1.165) is 10.5 Å². The number of aromatic amines is 1. The number of rotatable bonds is 1. The highest BCUT2D eigenvalue weighted by Gasteiger charge is 2.20. The predicted molar refractivity (Wildman–Crippen MR) is 87.2 cm³/mol. The minimum atomic E-state index is 0.0409. The highest BCUT2D eigenvalue weighted by Crippen LogP contribution is 2.27. The van der Waals surface area contributed by atoms with E-state index in [-0.39, 0.29) is 5.41 Å². The summed E-state index contributed by atoms with van der Waals surface area (Å²) in [4.78, 5) is 3.17. The van der Waals surface area contributed by atoms with Gasteiger partial charge in [-0.3, -0.25) is 4.57 Å².